The molecule has 164 valence electrons. The summed E-state index contributed by atoms with van der Waals surface area (Å²) in [5, 5.41) is 11.9. The first-order valence-corrected chi connectivity index (χ1v) is 11.5. The van der Waals surface area contributed by atoms with Crippen molar-refractivity contribution in [2.45, 2.75) is 49.7 Å². The molecule has 1 aliphatic carbocycles. The Morgan fingerprint density at radius 3 is 2.73 bits per heavy atom. The van der Waals surface area contributed by atoms with Gasteiger partial charge in [0.2, 0.25) is 11.1 Å². The second-order valence-electron chi connectivity index (χ2n) is 8.02. The number of nitrogen functional groups attached to an aromatic ring is 1. The maximum Gasteiger partial charge on any atom is 0.230 e. The number of carbonyl (C=O) groups excluding carboxylic acids is 1. The van der Waals surface area contributed by atoms with Crippen LogP contribution in [0.15, 0.2) is 21.9 Å². The van der Waals surface area contributed by atoms with E-state index in [4.69, 9.17) is 15.0 Å². The Bertz CT molecular complexity index is 855. The molecule has 0 unspecified atom stereocenters. The smallest absolute Gasteiger partial charge is 0.230 e. The van der Waals surface area contributed by atoms with Crippen LogP contribution in [0.25, 0.3) is 11.4 Å². The van der Waals surface area contributed by atoms with Crippen LogP contribution in [0.4, 0.5) is 0 Å². The quantitative estimate of drug-likeness (QED) is 0.501. The fraction of sp³-hybridized carbons (Fsp3) is 0.650. The summed E-state index contributed by atoms with van der Waals surface area (Å²) in [4.78, 5) is 15.1. The van der Waals surface area contributed by atoms with Gasteiger partial charge in [0.1, 0.15) is 5.76 Å². The van der Waals surface area contributed by atoms with Crippen LogP contribution in [0.1, 0.15) is 37.9 Å². The Morgan fingerprint density at radius 1 is 1.27 bits per heavy atom. The molecule has 1 aliphatic heterocycles. The predicted molar refractivity (Wildman–Crippen MR) is 115 cm³/mol. The lowest BCUT2D eigenvalue weighted by Gasteiger charge is -2.48. The zero-order chi connectivity index (χ0) is 21.0. The highest BCUT2D eigenvalue weighted by atomic mass is 32.2. The minimum atomic E-state index is -0.0118. The number of furan rings is 1. The third-order valence-corrected chi connectivity index (χ3v) is 7.12. The van der Waals surface area contributed by atoms with E-state index in [2.05, 4.69) is 20.4 Å². The van der Waals surface area contributed by atoms with Gasteiger partial charge in [-0.1, -0.05) is 31.0 Å². The molecular weight excluding hydrogens is 404 g/mol. The van der Waals surface area contributed by atoms with Gasteiger partial charge in [0, 0.05) is 25.2 Å². The molecule has 2 aliphatic rings. The average molecular weight is 435 g/mol. The van der Waals surface area contributed by atoms with Crippen LogP contribution in [-0.2, 0) is 9.53 Å². The summed E-state index contributed by atoms with van der Waals surface area (Å²) in [7, 11) is 0. The molecule has 3 N–H and O–H groups in total. The van der Waals surface area contributed by atoms with Gasteiger partial charge in [-0.05, 0) is 25.8 Å². The van der Waals surface area contributed by atoms with E-state index in [0.717, 1.165) is 50.5 Å². The molecule has 9 nitrogen and oxygen atoms in total. The summed E-state index contributed by atoms with van der Waals surface area (Å²) < 4.78 is 12.3. The van der Waals surface area contributed by atoms with Crippen molar-refractivity contribution in [1.82, 2.24) is 25.1 Å². The van der Waals surface area contributed by atoms with E-state index in [9.17, 15) is 4.79 Å². The third-order valence-electron chi connectivity index (χ3n) is 6.18. The normalized spacial score (nSPS) is 19.6. The van der Waals surface area contributed by atoms with Gasteiger partial charge in [0.05, 0.1) is 30.8 Å². The monoisotopic (exact) mass is 434 g/mol. The molecule has 0 radical (unpaired) electrons. The van der Waals surface area contributed by atoms with Gasteiger partial charge in [-0.3, -0.25) is 9.69 Å². The van der Waals surface area contributed by atoms with Crippen molar-refractivity contribution in [2.24, 2.45) is 0 Å². The maximum atomic E-state index is 12.6. The van der Waals surface area contributed by atoms with Crippen LogP contribution in [-0.4, -0.2) is 69.8 Å². The number of nitrogens with one attached hydrogen (secondary N) is 1. The number of morpholine rings is 1. The Morgan fingerprint density at radius 2 is 2.03 bits per heavy atom. The Hall–Kier alpha value is -2.04. The van der Waals surface area contributed by atoms with E-state index in [0.29, 0.717) is 17.5 Å². The van der Waals surface area contributed by atoms with Gasteiger partial charge in [0.15, 0.2) is 5.82 Å². The fourth-order valence-electron chi connectivity index (χ4n) is 4.47. The van der Waals surface area contributed by atoms with E-state index in [1.165, 1.54) is 35.7 Å². The third kappa shape index (κ3) is 4.50. The average Bonchev–Trinajstić information content (AvgIpc) is 3.36. The Labute approximate surface area is 180 Å². The van der Waals surface area contributed by atoms with Crippen LogP contribution in [0.5, 0.6) is 0 Å². The van der Waals surface area contributed by atoms with Crippen molar-refractivity contribution in [3.63, 3.8) is 0 Å². The van der Waals surface area contributed by atoms with Crippen molar-refractivity contribution in [2.75, 3.05) is 44.4 Å². The van der Waals surface area contributed by atoms with Gasteiger partial charge in [0.25, 0.3) is 0 Å². The van der Waals surface area contributed by atoms with Gasteiger partial charge >= 0.3 is 0 Å². The molecule has 4 rings (SSSR count). The first-order chi connectivity index (χ1) is 14.6. The van der Waals surface area contributed by atoms with Gasteiger partial charge < -0.3 is 20.3 Å². The number of aromatic nitrogens is 3. The number of nitrogens with zero attached hydrogens (tertiary/aromatic N) is 4. The van der Waals surface area contributed by atoms with Crippen LogP contribution >= 0.6 is 11.8 Å². The van der Waals surface area contributed by atoms with E-state index in [1.54, 1.807) is 12.3 Å². The van der Waals surface area contributed by atoms with Crippen LogP contribution in [0, 0.1) is 6.92 Å². The Kier molecular flexibility index (Phi) is 6.64. The number of amides is 1. The predicted octanol–water partition coefficient (Wildman–Crippen LogP) is 1.80. The Balaban J connectivity index is 1.33. The molecule has 2 fully saturated rings. The molecule has 1 amide bonds. The molecule has 0 aromatic carbocycles. The minimum Gasteiger partial charge on any atom is -0.469 e. The molecule has 1 saturated carbocycles. The van der Waals surface area contributed by atoms with Crippen molar-refractivity contribution < 1.29 is 13.9 Å². The molecule has 10 heteroatoms. The number of rotatable bonds is 7. The highest BCUT2D eigenvalue weighted by Gasteiger charge is 2.38. The van der Waals surface area contributed by atoms with Crippen LogP contribution in [0.3, 0.4) is 0 Å². The number of hydrogen-bond donors (Lipinski definition) is 2. The molecule has 2 aromatic heterocycles. The largest absolute Gasteiger partial charge is 0.469 e. The number of carbonyl (C=O) groups is 1. The topological polar surface area (TPSA) is 111 Å². The second kappa shape index (κ2) is 9.40. The summed E-state index contributed by atoms with van der Waals surface area (Å²) in [6.45, 7) is 5.96. The van der Waals surface area contributed by atoms with Crippen LogP contribution < -0.4 is 11.2 Å². The maximum absolute atomic E-state index is 12.6. The van der Waals surface area contributed by atoms with Crippen LogP contribution in [0.2, 0.25) is 0 Å². The fourth-order valence-corrected chi connectivity index (χ4v) is 5.16. The summed E-state index contributed by atoms with van der Waals surface area (Å²) in [5.41, 5.74) is 0.855. The molecule has 1 saturated heterocycles. The minimum absolute atomic E-state index is 0.0118. The molecule has 0 spiro atoms. The summed E-state index contributed by atoms with van der Waals surface area (Å²) in [6, 6.07) is 1.80. The number of thioether (sulfide) groups is 1. The van der Waals surface area contributed by atoms with Gasteiger partial charge in [-0.2, -0.15) is 0 Å². The standard InChI is InChI=1S/C20H30N6O3S/c1-15-16(5-10-29-15)18-23-24-19(26(18)21)30-13-17(27)22-14-20(6-3-2-4-7-20)25-8-11-28-12-9-25/h5,10H,2-4,6-9,11-14,21H2,1H3,(H,22,27). The van der Waals surface area contributed by atoms with E-state index < -0.39 is 0 Å². The van der Waals surface area contributed by atoms with E-state index >= 15 is 0 Å². The number of nitrogens with two attached hydrogens (primary N) is 1. The van der Waals surface area contributed by atoms with Crippen molar-refractivity contribution in [1.29, 1.82) is 0 Å². The molecular formula is C20H30N6O3S. The number of ether oxygens (including phenoxy) is 1. The second-order valence-corrected chi connectivity index (χ2v) is 8.96. The molecule has 0 bridgehead atoms. The zero-order valence-corrected chi connectivity index (χ0v) is 18.2. The summed E-state index contributed by atoms with van der Waals surface area (Å²) in [5.74, 6) is 7.63. The van der Waals surface area contributed by atoms with Gasteiger partial charge in [-0.25, -0.2) is 4.68 Å². The van der Waals surface area contributed by atoms with E-state index in [-0.39, 0.29) is 17.2 Å². The lowest BCUT2D eigenvalue weighted by Crippen LogP contribution is -2.59. The summed E-state index contributed by atoms with van der Waals surface area (Å²) in [6.07, 6.45) is 7.56. The van der Waals surface area contributed by atoms with E-state index in [1.807, 2.05) is 6.92 Å². The summed E-state index contributed by atoms with van der Waals surface area (Å²) >= 11 is 1.29. The number of hydrogen-bond acceptors (Lipinski definition) is 8. The molecule has 30 heavy (non-hydrogen) atoms. The van der Waals surface area contributed by atoms with Crippen molar-refractivity contribution >= 4 is 17.7 Å². The SMILES string of the molecule is Cc1occc1-c1nnc(SCC(=O)NCC2(N3CCOCC3)CCCCC2)n1N. The molecule has 3 heterocycles. The lowest BCUT2D eigenvalue weighted by molar-refractivity contribution is -0.119. The van der Waals surface area contributed by atoms with Gasteiger partial charge in [-0.15, -0.1) is 10.2 Å². The highest BCUT2D eigenvalue weighted by molar-refractivity contribution is 7.99. The zero-order valence-electron chi connectivity index (χ0n) is 17.4. The highest BCUT2D eigenvalue weighted by Crippen LogP contribution is 2.34. The number of aryl methyl sites for hydroxylation is 1. The first-order valence-electron chi connectivity index (χ1n) is 10.6. The van der Waals surface area contributed by atoms with Crippen molar-refractivity contribution in [3.8, 4) is 11.4 Å². The first kappa shape index (κ1) is 21.2. The van der Waals surface area contributed by atoms with Crippen molar-refractivity contribution in [3.05, 3.63) is 18.1 Å². The molecule has 2 aromatic rings. The molecule has 0 atom stereocenters. The lowest BCUT2D eigenvalue weighted by atomic mass is 9.79.